The molecule has 1 heterocycles. The Morgan fingerprint density at radius 2 is 1.83 bits per heavy atom. The Labute approximate surface area is 107 Å². The van der Waals surface area contributed by atoms with Crippen LogP contribution in [-0.4, -0.2) is 23.3 Å². The number of hydrogen-bond donors (Lipinski definition) is 1. The van der Waals surface area contributed by atoms with E-state index in [1.165, 1.54) is 0 Å². The standard InChI is InChI=1S/C15H19NO2/c17-11-5-1-2-6-12-18-15-9-10-16-14-8-4-3-7-13(14)15/h3-4,7-10,17H,1-2,5-6,11-12H2. The van der Waals surface area contributed by atoms with Gasteiger partial charge in [0.15, 0.2) is 0 Å². The maximum absolute atomic E-state index is 8.68. The number of aliphatic hydroxyl groups excluding tert-OH is 1. The summed E-state index contributed by atoms with van der Waals surface area (Å²) in [6, 6.07) is 9.91. The smallest absolute Gasteiger partial charge is 0.130 e. The van der Waals surface area contributed by atoms with Crippen LogP contribution < -0.4 is 4.74 Å². The number of para-hydroxylation sites is 1. The molecule has 18 heavy (non-hydrogen) atoms. The van der Waals surface area contributed by atoms with Gasteiger partial charge in [0.2, 0.25) is 0 Å². The lowest BCUT2D eigenvalue weighted by Crippen LogP contribution is -1.98. The van der Waals surface area contributed by atoms with E-state index in [2.05, 4.69) is 4.98 Å². The summed E-state index contributed by atoms with van der Waals surface area (Å²) >= 11 is 0. The average molecular weight is 245 g/mol. The van der Waals surface area contributed by atoms with Gasteiger partial charge < -0.3 is 9.84 Å². The number of unbranched alkanes of at least 4 members (excludes halogenated alkanes) is 3. The Morgan fingerprint density at radius 1 is 1.00 bits per heavy atom. The van der Waals surface area contributed by atoms with Crippen molar-refractivity contribution in [1.82, 2.24) is 4.98 Å². The van der Waals surface area contributed by atoms with Crippen molar-refractivity contribution < 1.29 is 9.84 Å². The zero-order chi connectivity index (χ0) is 12.6. The van der Waals surface area contributed by atoms with Crippen LogP contribution in [0.25, 0.3) is 10.9 Å². The minimum absolute atomic E-state index is 0.288. The van der Waals surface area contributed by atoms with E-state index in [-0.39, 0.29) is 6.61 Å². The zero-order valence-electron chi connectivity index (χ0n) is 10.5. The summed E-state index contributed by atoms with van der Waals surface area (Å²) in [5.74, 6) is 0.905. The van der Waals surface area contributed by atoms with Crippen molar-refractivity contribution in [3.05, 3.63) is 36.5 Å². The Kier molecular flexibility index (Phi) is 4.97. The first kappa shape index (κ1) is 12.8. The summed E-state index contributed by atoms with van der Waals surface area (Å²) in [6.07, 6.45) is 5.86. The van der Waals surface area contributed by atoms with Gasteiger partial charge in [-0.2, -0.15) is 0 Å². The number of ether oxygens (including phenoxy) is 1. The quantitative estimate of drug-likeness (QED) is 0.762. The van der Waals surface area contributed by atoms with Crippen molar-refractivity contribution in [2.75, 3.05) is 13.2 Å². The second-order valence-electron chi connectivity index (χ2n) is 4.31. The van der Waals surface area contributed by atoms with Gasteiger partial charge in [0, 0.05) is 18.2 Å². The molecule has 0 unspecified atom stereocenters. The summed E-state index contributed by atoms with van der Waals surface area (Å²) in [5, 5.41) is 9.75. The van der Waals surface area contributed by atoms with E-state index in [9.17, 15) is 0 Å². The highest BCUT2D eigenvalue weighted by atomic mass is 16.5. The fourth-order valence-corrected chi connectivity index (χ4v) is 1.95. The maximum atomic E-state index is 8.68. The molecule has 1 N–H and O–H groups in total. The number of pyridine rings is 1. The fourth-order valence-electron chi connectivity index (χ4n) is 1.95. The highest BCUT2D eigenvalue weighted by Crippen LogP contribution is 2.23. The summed E-state index contributed by atoms with van der Waals surface area (Å²) in [5.41, 5.74) is 0.968. The van der Waals surface area contributed by atoms with Gasteiger partial charge in [-0.25, -0.2) is 0 Å². The summed E-state index contributed by atoms with van der Waals surface area (Å²) in [7, 11) is 0. The number of benzene rings is 1. The number of aliphatic hydroxyl groups is 1. The van der Waals surface area contributed by atoms with Gasteiger partial charge in [-0.3, -0.25) is 4.98 Å². The lowest BCUT2D eigenvalue weighted by molar-refractivity contribution is 0.274. The van der Waals surface area contributed by atoms with Gasteiger partial charge in [-0.15, -0.1) is 0 Å². The molecule has 1 aromatic heterocycles. The molecule has 0 aliphatic carbocycles. The van der Waals surface area contributed by atoms with Crippen LogP contribution in [0.3, 0.4) is 0 Å². The first-order valence-electron chi connectivity index (χ1n) is 6.49. The number of fused-ring (bicyclic) bond motifs is 1. The molecule has 0 spiro atoms. The van der Waals surface area contributed by atoms with Crippen molar-refractivity contribution in [2.24, 2.45) is 0 Å². The molecule has 96 valence electrons. The van der Waals surface area contributed by atoms with E-state index in [4.69, 9.17) is 9.84 Å². The van der Waals surface area contributed by atoms with E-state index < -0.39 is 0 Å². The molecular formula is C15H19NO2. The van der Waals surface area contributed by atoms with E-state index in [0.717, 1.165) is 48.9 Å². The van der Waals surface area contributed by atoms with Crippen molar-refractivity contribution in [3.8, 4) is 5.75 Å². The number of aromatic nitrogens is 1. The Bertz CT molecular complexity index is 479. The molecule has 0 radical (unpaired) electrons. The highest BCUT2D eigenvalue weighted by molar-refractivity contribution is 5.84. The summed E-state index contributed by atoms with van der Waals surface area (Å²) in [6.45, 7) is 1.01. The molecule has 0 saturated carbocycles. The van der Waals surface area contributed by atoms with Crippen LogP contribution in [0.15, 0.2) is 36.5 Å². The molecule has 2 aromatic rings. The predicted molar refractivity (Wildman–Crippen MR) is 72.8 cm³/mol. The highest BCUT2D eigenvalue weighted by Gasteiger charge is 2.01. The Balaban J connectivity index is 1.88. The van der Waals surface area contributed by atoms with Crippen LogP contribution in [0.1, 0.15) is 25.7 Å². The molecular weight excluding hydrogens is 226 g/mol. The van der Waals surface area contributed by atoms with Crippen LogP contribution >= 0.6 is 0 Å². The largest absolute Gasteiger partial charge is 0.493 e. The van der Waals surface area contributed by atoms with E-state index >= 15 is 0 Å². The average Bonchev–Trinajstić information content (AvgIpc) is 2.43. The van der Waals surface area contributed by atoms with Crippen LogP contribution in [0, 0.1) is 0 Å². The van der Waals surface area contributed by atoms with Crippen molar-refractivity contribution >= 4 is 10.9 Å². The fraction of sp³-hybridized carbons (Fsp3) is 0.400. The molecule has 3 heteroatoms. The van der Waals surface area contributed by atoms with Crippen molar-refractivity contribution in [1.29, 1.82) is 0 Å². The molecule has 1 aromatic carbocycles. The van der Waals surface area contributed by atoms with E-state index in [0.29, 0.717) is 0 Å². The number of rotatable bonds is 7. The summed E-state index contributed by atoms with van der Waals surface area (Å²) < 4.78 is 5.80. The molecule has 0 fully saturated rings. The Hall–Kier alpha value is -1.61. The van der Waals surface area contributed by atoms with Gasteiger partial charge in [0.05, 0.1) is 12.1 Å². The molecule has 0 amide bonds. The van der Waals surface area contributed by atoms with E-state index in [1.807, 2.05) is 30.3 Å². The molecule has 0 saturated heterocycles. The third kappa shape index (κ3) is 3.44. The Morgan fingerprint density at radius 3 is 2.72 bits per heavy atom. The van der Waals surface area contributed by atoms with Crippen molar-refractivity contribution in [2.45, 2.75) is 25.7 Å². The first-order valence-corrected chi connectivity index (χ1v) is 6.49. The minimum atomic E-state index is 0.288. The topological polar surface area (TPSA) is 42.4 Å². The second-order valence-corrected chi connectivity index (χ2v) is 4.31. The monoisotopic (exact) mass is 245 g/mol. The lowest BCUT2D eigenvalue weighted by Gasteiger charge is -2.08. The van der Waals surface area contributed by atoms with Crippen LogP contribution in [-0.2, 0) is 0 Å². The zero-order valence-corrected chi connectivity index (χ0v) is 10.5. The number of hydrogen-bond acceptors (Lipinski definition) is 3. The minimum Gasteiger partial charge on any atom is -0.493 e. The lowest BCUT2D eigenvalue weighted by atomic mass is 10.2. The van der Waals surface area contributed by atoms with Crippen LogP contribution in [0.2, 0.25) is 0 Å². The van der Waals surface area contributed by atoms with E-state index in [1.54, 1.807) is 6.20 Å². The van der Waals surface area contributed by atoms with Crippen LogP contribution in [0.5, 0.6) is 5.75 Å². The van der Waals surface area contributed by atoms with Gasteiger partial charge in [-0.05, 0) is 37.5 Å². The van der Waals surface area contributed by atoms with Gasteiger partial charge >= 0.3 is 0 Å². The molecule has 3 nitrogen and oxygen atoms in total. The van der Waals surface area contributed by atoms with Gasteiger partial charge in [0.25, 0.3) is 0 Å². The number of nitrogens with zero attached hydrogens (tertiary/aromatic N) is 1. The van der Waals surface area contributed by atoms with Crippen LogP contribution in [0.4, 0.5) is 0 Å². The van der Waals surface area contributed by atoms with Crippen molar-refractivity contribution in [3.63, 3.8) is 0 Å². The third-order valence-electron chi connectivity index (χ3n) is 2.92. The maximum Gasteiger partial charge on any atom is 0.130 e. The predicted octanol–water partition coefficient (Wildman–Crippen LogP) is 3.17. The molecule has 2 rings (SSSR count). The molecule has 0 bridgehead atoms. The van der Waals surface area contributed by atoms with Gasteiger partial charge in [-0.1, -0.05) is 18.6 Å². The molecule has 0 aliphatic heterocycles. The normalized spacial score (nSPS) is 10.7. The summed E-state index contributed by atoms with van der Waals surface area (Å²) in [4.78, 5) is 4.30. The molecule has 0 atom stereocenters. The first-order chi connectivity index (χ1) is 8.92. The third-order valence-corrected chi connectivity index (χ3v) is 2.92. The second kappa shape index (κ2) is 6.97. The van der Waals surface area contributed by atoms with Gasteiger partial charge in [0.1, 0.15) is 5.75 Å². The SMILES string of the molecule is OCCCCCCOc1ccnc2ccccc12. The molecule has 0 aliphatic rings.